The first kappa shape index (κ1) is 24.0. The normalized spacial score (nSPS) is 16.3. The molecule has 2 rings (SSSR count). The van der Waals surface area contributed by atoms with Crippen LogP contribution in [0.2, 0.25) is 0 Å². The standard InChI is InChI=1S/C19H25F3N2O5S/c1-18(2,3)29-17(26)24-10-8-14(9-11-24)16(25)23-30(27,28)12-13-4-6-15(7-5-13)19(20,21)22/h4-7,14H,8-12H2,1-3H3,(H,23,25). The molecular weight excluding hydrogens is 425 g/mol. The number of likely N-dealkylation sites (tertiary alicyclic amines) is 1. The lowest BCUT2D eigenvalue weighted by atomic mass is 9.97. The second kappa shape index (κ2) is 8.83. The molecule has 11 heteroatoms. The maximum Gasteiger partial charge on any atom is 0.416 e. The van der Waals surface area contributed by atoms with E-state index in [2.05, 4.69) is 0 Å². The third-order valence-electron chi connectivity index (χ3n) is 4.41. The number of carbonyl (C=O) groups excluding carboxylic acids is 2. The number of hydrogen-bond donors (Lipinski definition) is 1. The number of alkyl halides is 3. The van der Waals surface area contributed by atoms with Crippen LogP contribution < -0.4 is 4.72 Å². The number of hydrogen-bond acceptors (Lipinski definition) is 5. The molecule has 1 aromatic rings. The number of amides is 2. The average molecular weight is 450 g/mol. The van der Waals surface area contributed by atoms with Gasteiger partial charge in [0.05, 0.1) is 11.3 Å². The summed E-state index contributed by atoms with van der Waals surface area (Å²) >= 11 is 0. The molecule has 2 amide bonds. The van der Waals surface area contributed by atoms with Crippen molar-refractivity contribution in [3.8, 4) is 0 Å². The summed E-state index contributed by atoms with van der Waals surface area (Å²) < 4.78 is 69.5. The van der Waals surface area contributed by atoms with E-state index in [0.717, 1.165) is 24.3 Å². The Balaban J connectivity index is 1.89. The quantitative estimate of drug-likeness (QED) is 0.760. The van der Waals surface area contributed by atoms with Gasteiger partial charge in [-0.3, -0.25) is 9.52 Å². The molecule has 30 heavy (non-hydrogen) atoms. The van der Waals surface area contributed by atoms with E-state index in [1.807, 2.05) is 4.72 Å². The Kier molecular flexibility index (Phi) is 7.05. The number of benzene rings is 1. The highest BCUT2D eigenvalue weighted by Crippen LogP contribution is 2.29. The van der Waals surface area contributed by atoms with E-state index in [-0.39, 0.29) is 31.5 Å². The van der Waals surface area contributed by atoms with Crippen LogP contribution in [0, 0.1) is 5.92 Å². The van der Waals surface area contributed by atoms with Gasteiger partial charge in [0.25, 0.3) is 0 Å². The summed E-state index contributed by atoms with van der Waals surface area (Å²) in [5.74, 6) is -1.90. The molecular formula is C19H25F3N2O5S. The van der Waals surface area contributed by atoms with Gasteiger partial charge in [0.1, 0.15) is 5.60 Å². The molecule has 0 saturated carbocycles. The van der Waals surface area contributed by atoms with Crippen LogP contribution in [-0.2, 0) is 31.5 Å². The van der Waals surface area contributed by atoms with Crippen LogP contribution in [0.1, 0.15) is 44.7 Å². The van der Waals surface area contributed by atoms with Crippen molar-refractivity contribution in [2.24, 2.45) is 5.92 Å². The first-order valence-corrected chi connectivity index (χ1v) is 11.0. The summed E-state index contributed by atoms with van der Waals surface area (Å²) in [5.41, 5.74) is -1.40. The molecule has 7 nitrogen and oxygen atoms in total. The van der Waals surface area contributed by atoms with Gasteiger partial charge < -0.3 is 9.64 Å². The van der Waals surface area contributed by atoms with Crippen LogP contribution in [0.4, 0.5) is 18.0 Å². The van der Waals surface area contributed by atoms with Crippen LogP contribution in [0.15, 0.2) is 24.3 Å². The molecule has 0 atom stereocenters. The average Bonchev–Trinajstić information content (AvgIpc) is 2.59. The summed E-state index contributed by atoms with van der Waals surface area (Å²) in [6.07, 6.45) is -4.45. The zero-order valence-electron chi connectivity index (χ0n) is 17.0. The molecule has 0 aromatic heterocycles. The van der Waals surface area contributed by atoms with Crippen molar-refractivity contribution in [2.45, 2.75) is 51.1 Å². The van der Waals surface area contributed by atoms with Gasteiger partial charge in [-0.2, -0.15) is 13.2 Å². The maximum absolute atomic E-state index is 12.6. The number of nitrogens with one attached hydrogen (secondary N) is 1. The summed E-state index contributed by atoms with van der Waals surface area (Å²) in [5, 5.41) is 0. The first-order chi connectivity index (χ1) is 13.7. The van der Waals surface area contributed by atoms with Crippen molar-refractivity contribution < 1.29 is 35.9 Å². The number of halogens is 3. The molecule has 1 aliphatic heterocycles. The van der Waals surface area contributed by atoms with E-state index >= 15 is 0 Å². The Morgan fingerprint density at radius 1 is 1.10 bits per heavy atom. The molecule has 1 aromatic carbocycles. The highest BCUT2D eigenvalue weighted by Gasteiger charge is 2.32. The van der Waals surface area contributed by atoms with Crippen LogP contribution in [-0.4, -0.2) is 44.0 Å². The van der Waals surface area contributed by atoms with Gasteiger partial charge in [0.2, 0.25) is 15.9 Å². The smallest absolute Gasteiger partial charge is 0.416 e. The predicted molar refractivity (Wildman–Crippen MR) is 103 cm³/mol. The summed E-state index contributed by atoms with van der Waals surface area (Å²) in [6.45, 7) is 5.74. The van der Waals surface area contributed by atoms with Crippen molar-refractivity contribution >= 4 is 22.0 Å². The minimum atomic E-state index is -4.51. The third-order valence-corrected chi connectivity index (χ3v) is 5.64. The van der Waals surface area contributed by atoms with Crippen LogP contribution in [0.3, 0.4) is 0 Å². The predicted octanol–water partition coefficient (Wildman–Crippen LogP) is 3.30. The van der Waals surface area contributed by atoms with E-state index in [4.69, 9.17) is 4.74 Å². The fourth-order valence-electron chi connectivity index (χ4n) is 2.93. The zero-order chi connectivity index (χ0) is 22.7. The van der Waals surface area contributed by atoms with Crippen molar-refractivity contribution in [3.05, 3.63) is 35.4 Å². The Hall–Kier alpha value is -2.30. The molecule has 1 aliphatic rings. The van der Waals surface area contributed by atoms with Gasteiger partial charge in [-0.15, -0.1) is 0 Å². The lowest BCUT2D eigenvalue weighted by Gasteiger charge is -2.32. The summed E-state index contributed by atoms with van der Waals surface area (Å²) in [4.78, 5) is 25.8. The Morgan fingerprint density at radius 2 is 1.63 bits per heavy atom. The Labute approximate surface area is 173 Å². The highest BCUT2D eigenvalue weighted by molar-refractivity contribution is 7.89. The molecule has 1 N–H and O–H groups in total. The SMILES string of the molecule is CC(C)(C)OC(=O)N1CCC(C(=O)NS(=O)(=O)Cc2ccc(C(F)(F)F)cc2)CC1. The van der Waals surface area contributed by atoms with E-state index in [1.165, 1.54) is 4.90 Å². The van der Waals surface area contributed by atoms with Gasteiger partial charge in [0.15, 0.2) is 0 Å². The van der Waals surface area contributed by atoms with Gasteiger partial charge in [-0.1, -0.05) is 12.1 Å². The van der Waals surface area contributed by atoms with Crippen molar-refractivity contribution in [2.75, 3.05) is 13.1 Å². The van der Waals surface area contributed by atoms with Crippen LogP contribution >= 0.6 is 0 Å². The van der Waals surface area contributed by atoms with E-state index in [9.17, 15) is 31.2 Å². The van der Waals surface area contributed by atoms with Crippen molar-refractivity contribution in [1.82, 2.24) is 9.62 Å². The zero-order valence-corrected chi connectivity index (χ0v) is 17.8. The molecule has 0 aliphatic carbocycles. The van der Waals surface area contributed by atoms with E-state index in [1.54, 1.807) is 20.8 Å². The number of ether oxygens (including phenoxy) is 1. The fraction of sp³-hybridized carbons (Fsp3) is 0.579. The molecule has 168 valence electrons. The van der Waals surface area contributed by atoms with Crippen LogP contribution in [0.5, 0.6) is 0 Å². The number of rotatable bonds is 4. The van der Waals surface area contributed by atoms with Gasteiger partial charge in [0, 0.05) is 19.0 Å². The number of carbonyl (C=O) groups is 2. The minimum Gasteiger partial charge on any atom is -0.444 e. The number of nitrogens with zero attached hydrogens (tertiary/aromatic N) is 1. The number of piperidine rings is 1. The van der Waals surface area contributed by atoms with Crippen molar-refractivity contribution in [3.63, 3.8) is 0 Å². The minimum absolute atomic E-state index is 0.128. The number of sulfonamides is 1. The van der Waals surface area contributed by atoms with Gasteiger partial charge >= 0.3 is 12.3 Å². The molecule has 0 spiro atoms. The molecule has 1 saturated heterocycles. The maximum atomic E-state index is 12.6. The van der Waals surface area contributed by atoms with Gasteiger partial charge in [-0.25, -0.2) is 13.2 Å². The van der Waals surface area contributed by atoms with Gasteiger partial charge in [-0.05, 0) is 51.3 Å². The molecule has 0 bridgehead atoms. The second-order valence-corrected chi connectivity index (χ2v) is 9.88. The fourth-order valence-corrected chi connectivity index (χ4v) is 4.11. The highest BCUT2D eigenvalue weighted by atomic mass is 32.2. The molecule has 1 heterocycles. The monoisotopic (exact) mass is 450 g/mol. The first-order valence-electron chi connectivity index (χ1n) is 9.35. The lowest BCUT2D eigenvalue weighted by molar-refractivity contribution is -0.137. The third kappa shape index (κ3) is 7.19. The van der Waals surface area contributed by atoms with Crippen molar-refractivity contribution in [1.29, 1.82) is 0 Å². The summed E-state index contributed by atoms with van der Waals surface area (Å²) in [7, 11) is -4.07. The Morgan fingerprint density at radius 3 is 2.10 bits per heavy atom. The topological polar surface area (TPSA) is 92.8 Å². The summed E-state index contributed by atoms with van der Waals surface area (Å²) in [6, 6.07) is 3.70. The van der Waals surface area contributed by atoms with Crippen LogP contribution in [0.25, 0.3) is 0 Å². The van der Waals surface area contributed by atoms with E-state index in [0.29, 0.717) is 0 Å². The molecule has 0 radical (unpaired) electrons. The van der Waals surface area contributed by atoms with E-state index < -0.39 is 51.0 Å². The second-order valence-electron chi connectivity index (χ2n) is 8.16. The Bertz CT molecular complexity index is 869. The molecule has 0 unspecified atom stereocenters. The lowest BCUT2D eigenvalue weighted by Crippen LogP contribution is -2.45. The molecule has 1 fully saturated rings. The largest absolute Gasteiger partial charge is 0.444 e.